The van der Waals surface area contributed by atoms with Gasteiger partial charge in [0.1, 0.15) is 5.82 Å². The number of aryl methyl sites for hydroxylation is 1. The number of halogens is 1. The SMILES string of the molecule is Cc1cc(F)cc(C(=O)NC2(CN)CC2)c1. The predicted octanol–water partition coefficient (Wildman–Crippen LogP) is 1.36. The minimum absolute atomic E-state index is 0.239. The van der Waals surface area contributed by atoms with Crippen LogP contribution in [0.3, 0.4) is 0 Å². The van der Waals surface area contributed by atoms with Crippen molar-refractivity contribution in [1.29, 1.82) is 0 Å². The number of hydrogen-bond acceptors (Lipinski definition) is 2. The lowest BCUT2D eigenvalue weighted by Crippen LogP contribution is -2.42. The number of nitrogens with one attached hydrogen (secondary N) is 1. The van der Waals surface area contributed by atoms with Crippen molar-refractivity contribution < 1.29 is 9.18 Å². The van der Waals surface area contributed by atoms with Crippen molar-refractivity contribution in [2.24, 2.45) is 5.73 Å². The second-order valence-electron chi connectivity index (χ2n) is 4.46. The fraction of sp³-hybridized carbons (Fsp3) is 0.417. The molecule has 3 nitrogen and oxygen atoms in total. The number of benzene rings is 1. The molecule has 1 amide bonds. The van der Waals surface area contributed by atoms with Crippen LogP contribution in [0.25, 0.3) is 0 Å². The Hall–Kier alpha value is -1.42. The molecule has 1 aliphatic carbocycles. The predicted molar refractivity (Wildman–Crippen MR) is 59.6 cm³/mol. The molecule has 0 heterocycles. The fourth-order valence-corrected chi connectivity index (χ4v) is 1.71. The van der Waals surface area contributed by atoms with Crippen molar-refractivity contribution in [2.45, 2.75) is 25.3 Å². The van der Waals surface area contributed by atoms with Gasteiger partial charge in [-0.15, -0.1) is 0 Å². The highest BCUT2D eigenvalue weighted by Gasteiger charge is 2.42. The first-order chi connectivity index (χ1) is 7.54. The van der Waals surface area contributed by atoms with Gasteiger partial charge in [0.15, 0.2) is 0 Å². The Morgan fingerprint density at radius 3 is 2.69 bits per heavy atom. The number of rotatable bonds is 3. The highest BCUT2D eigenvalue weighted by molar-refractivity contribution is 5.95. The van der Waals surface area contributed by atoms with Gasteiger partial charge in [0.05, 0.1) is 5.54 Å². The Kier molecular flexibility index (Phi) is 2.68. The second kappa shape index (κ2) is 3.87. The van der Waals surface area contributed by atoms with Crippen LogP contribution in [0.4, 0.5) is 4.39 Å². The van der Waals surface area contributed by atoms with E-state index in [4.69, 9.17) is 5.73 Å². The first-order valence-corrected chi connectivity index (χ1v) is 5.34. The monoisotopic (exact) mass is 222 g/mol. The molecule has 0 aromatic heterocycles. The quantitative estimate of drug-likeness (QED) is 0.811. The smallest absolute Gasteiger partial charge is 0.251 e. The molecule has 86 valence electrons. The van der Waals surface area contributed by atoms with Crippen LogP contribution in [0.5, 0.6) is 0 Å². The van der Waals surface area contributed by atoms with Gasteiger partial charge in [-0.05, 0) is 43.5 Å². The van der Waals surface area contributed by atoms with Gasteiger partial charge < -0.3 is 11.1 Å². The van der Waals surface area contributed by atoms with E-state index in [0.717, 1.165) is 18.4 Å². The van der Waals surface area contributed by atoms with Gasteiger partial charge in [0.2, 0.25) is 0 Å². The first-order valence-electron chi connectivity index (χ1n) is 5.34. The van der Waals surface area contributed by atoms with E-state index in [1.54, 1.807) is 13.0 Å². The van der Waals surface area contributed by atoms with Gasteiger partial charge >= 0.3 is 0 Å². The van der Waals surface area contributed by atoms with Gasteiger partial charge in [0.25, 0.3) is 5.91 Å². The van der Waals surface area contributed by atoms with Crippen LogP contribution >= 0.6 is 0 Å². The molecule has 1 aromatic carbocycles. The molecule has 16 heavy (non-hydrogen) atoms. The van der Waals surface area contributed by atoms with Crippen LogP contribution in [-0.4, -0.2) is 18.0 Å². The lowest BCUT2D eigenvalue weighted by Gasteiger charge is -2.15. The molecule has 1 aliphatic rings. The van der Waals surface area contributed by atoms with Crippen LogP contribution in [0.15, 0.2) is 18.2 Å². The van der Waals surface area contributed by atoms with E-state index in [2.05, 4.69) is 5.32 Å². The highest BCUT2D eigenvalue weighted by Crippen LogP contribution is 2.34. The number of carbonyl (C=O) groups is 1. The molecule has 0 radical (unpaired) electrons. The number of amides is 1. The summed E-state index contributed by atoms with van der Waals surface area (Å²) in [5.74, 6) is -0.631. The molecule has 3 N–H and O–H groups in total. The van der Waals surface area contributed by atoms with Gasteiger partial charge in [-0.3, -0.25) is 4.79 Å². The lowest BCUT2D eigenvalue weighted by atomic mass is 10.1. The molecule has 1 aromatic rings. The fourth-order valence-electron chi connectivity index (χ4n) is 1.71. The van der Waals surface area contributed by atoms with Crippen molar-refractivity contribution in [3.8, 4) is 0 Å². The summed E-state index contributed by atoms with van der Waals surface area (Å²) in [5.41, 5.74) is 6.42. The average Bonchev–Trinajstić information content (AvgIpc) is 2.97. The van der Waals surface area contributed by atoms with Crippen LogP contribution < -0.4 is 11.1 Å². The van der Waals surface area contributed by atoms with E-state index in [1.807, 2.05) is 0 Å². The molecule has 0 saturated heterocycles. The third-order valence-electron chi connectivity index (χ3n) is 2.93. The lowest BCUT2D eigenvalue weighted by molar-refractivity contribution is 0.0932. The third kappa shape index (κ3) is 2.22. The summed E-state index contributed by atoms with van der Waals surface area (Å²) in [6.07, 6.45) is 1.81. The summed E-state index contributed by atoms with van der Waals surface area (Å²) in [4.78, 5) is 11.8. The largest absolute Gasteiger partial charge is 0.345 e. The molecule has 0 atom stereocenters. The van der Waals surface area contributed by atoms with E-state index in [-0.39, 0.29) is 17.3 Å². The van der Waals surface area contributed by atoms with Gasteiger partial charge in [-0.1, -0.05) is 0 Å². The molecule has 1 saturated carbocycles. The summed E-state index contributed by atoms with van der Waals surface area (Å²) < 4.78 is 13.1. The third-order valence-corrected chi connectivity index (χ3v) is 2.93. The summed E-state index contributed by atoms with van der Waals surface area (Å²) in [5, 5.41) is 2.86. The second-order valence-corrected chi connectivity index (χ2v) is 4.46. The standard InChI is InChI=1S/C12H15FN2O/c1-8-4-9(6-10(13)5-8)11(16)15-12(7-14)2-3-12/h4-6H,2-3,7,14H2,1H3,(H,15,16). The highest BCUT2D eigenvalue weighted by atomic mass is 19.1. The van der Waals surface area contributed by atoms with Crippen molar-refractivity contribution in [2.75, 3.05) is 6.54 Å². The zero-order valence-corrected chi connectivity index (χ0v) is 9.22. The van der Waals surface area contributed by atoms with E-state index >= 15 is 0 Å². The molecule has 4 heteroatoms. The van der Waals surface area contributed by atoms with Crippen molar-refractivity contribution >= 4 is 5.91 Å². The Morgan fingerprint density at radius 1 is 1.50 bits per heavy atom. The number of hydrogen-bond donors (Lipinski definition) is 2. The van der Waals surface area contributed by atoms with Gasteiger partial charge in [-0.2, -0.15) is 0 Å². The Bertz CT molecular complexity index is 407. The van der Waals surface area contributed by atoms with E-state index in [9.17, 15) is 9.18 Å². The van der Waals surface area contributed by atoms with Crippen molar-refractivity contribution in [3.63, 3.8) is 0 Å². The molecule has 2 rings (SSSR count). The Morgan fingerprint density at radius 2 is 2.19 bits per heavy atom. The van der Waals surface area contributed by atoms with E-state index < -0.39 is 0 Å². The summed E-state index contributed by atoms with van der Waals surface area (Å²) in [7, 11) is 0. The molecule has 0 bridgehead atoms. The Balaban J connectivity index is 2.14. The van der Waals surface area contributed by atoms with Crippen LogP contribution in [0, 0.1) is 12.7 Å². The molecule has 1 fully saturated rings. The molecule has 0 aliphatic heterocycles. The van der Waals surface area contributed by atoms with E-state index in [1.165, 1.54) is 12.1 Å². The number of nitrogens with two attached hydrogens (primary N) is 1. The van der Waals surface area contributed by atoms with Crippen LogP contribution in [-0.2, 0) is 0 Å². The maximum Gasteiger partial charge on any atom is 0.251 e. The molecular weight excluding hydrogens is 207 g/mol. The zero-order chi connectivity index (χ0) is 11.8. The normalized spacial score (nSPS) is 16.9. The van der Waals surface area contributed by atoms with Gasteiger partial charge in [-0.25, -0.2) is 4.39 Å². The molecule has 0 unspecified atom stereocenters. The minimum atomic E-state index is -0.386. The molecule has 0 spiro atoms. The van der Waals surface area contributed by atoms with Crippen molar-refractivity contribution in [1.82, 2.24) is 5.32 Å². The van der Waals surface area contributed by atoms with Crippen LogP contribution in [0.2, 0.25) is 0 Å². The maximum atomic E-state index is 13.1. The summed E-state index contributed by atoms with van der Waals surface area (Å²) >= 11 is 0. The van der Waals surface area contributed by atoms with Gasteiger partial charge in [0, 0.05) is 12.1 Å². The Labute approximate surface area is 93.8 Å². The summed E-state index contributed by atoms with van der Waals surface area (Å²) in [6.45, 7) is 2.20. The maximum absolute atomic E-state index is 13.1. The average molecular weight is 222 g/mol. The summed E-state index contributed by atoms with van der Waals surface area (Å²) in [6, 6.07) is 4.31. The minimum Gasteiger partial charge on any atom is -0.345 e. The first kappa shape index (κ1) is 11.1. The van der Waals surface area contributed by atoms with Crippen LogP contribution in [0.1, 0.15) is 28.8 Å². The molecular formula is C12H15FN2O. The van der Waals surface area contributed by atoms with E-state index in [0.29, 0.717) is 12.1 Å². The van der Waals surface area contributed by atoms with Crippen molar-refractivity contribution in [3.05, 3.63) is 35.1 Å². The topological polar surface area (TPSA) is 55.1 Å². The number of carbonyl (C=O) groups excluding carboxylic acids is 1. The zero-order valence-electron chi connectivity index (χ0n) is 9.22.